The van der Waals surface area contributed by atoms with E-state index >= 15 is 0 Å². The maximum absolute atomic E-state index is 12.8. The summed E-state index contributed by atoms with van der Waals surface area (Å²) in [6, 6.07) is 11.1. The lowest BCUT2D eigenvalue weighted by Crippen LogP contribution is -2.16. The van der Waals surface area contributed by atoms with E-state index in [1.807, 2.05) is 31.3 Å². The van der Waals surface area contributed by atoms with Crippen molar-refractivity contribution in [2.24, 2.45) is 0 Å². The standard InChI is InChI=1S/C23H21ClN6O3S/c1-2-29-19(15-3-6-20-21(9-15)33-8-7-32-20)11-26-23(29)34-12-22(31)28-17-10-16(24)4-5-18(17)30-14-25-13-27-30/h3-6,9-11,13-14H,2,7-8,12H2,1H3,(H,28,31). The van der Waals surface area contributed by atoms with E-state index in [2.05, 4.69) is 25.0 Å². The van der Waals surface area contributed by atoms with Gasteiger partial charge in [-0.25, -0.2) is 14.6 Å². The summed E-state index contributed by atoms with van der Waals surface area (Å²) in [5.41, 5.74) is 3.16. The highest BCUT2D eigenvalue weighted by Crippen LogP contribution is 2.35. The number of fused-ring (bicyclic) bond motifs is 1. The van der Waals surface area contributed by atoms with Crippen molar-refractivity contribution >= 4 is 35.0 Å². The van der Waals surface area contributed by atoms with Crippen molar-refractivity contribution in [2.45, 2.75) is 18.6 Å². The quantitative estimate of drug-likeness (QED) is 0.381. The van der Waals surface area contributed by atoms with Crippen LogP contribution in [-0.4, -0.2) is 49.2 Å². The summed E-state index contributed by atoms with van der Waals surface area (Å²) in [6.45, 7) is 3.84. The predicted octanol–water partition coefficient (Wildman–Crippen LogP) is 4.31. The minimum Gasteiger partial charge on any atom is -0.486 e. The van der Waals surface area contributed by atoms with Gasteiger partial charge in [0.15, 0.2) is 16.7 Å². The average molecular weight is 497 g/mol. The first-order valence-corrected chi connectivity index (χ1v) is 12.0. The topological polar surface area (TPSA) is 96.1 Å². The number of rotatable bonds is 7. The van der Waals surface area contributed by atoms with Gasteiger partial charge in [0.1, 0.15) is 25.9 Å². The maximum Gasteiger partial charge on any atom is 0.234 e. The minimum absolute atomic E-state index is 0.180. The fourth-order valence-electron chi connectivity index (χ4n) is 3.67. The molecule has 1 aliphatic rings. The van der Waals surface area contributed by atoms with Crippen LogP contribution in [0.2, 0.25) is 5.02 Å². The number of aromatic nitrogens is 5. The molecular weight excluding hydrogens is 476 g/mol. The lowest BCUT2D eigenvalue weighted by Gasteiger charge is -2.19. The van der Waals surface area contributed by atoms with Crippen LogP contribution in [0.4, 0.5) is 5.69 Å². The Morgan fingerprint density at radius 2 is 2.03 bits per heavy atom. The van der Waals surface area contributed by atoms with Gasteiger partial charge in [0.25, 0.3) is 0 Å². The Bertz CT molecular complexity index is 1320. The van der Waals surface area contributed by atoms with Crippen LogP contribution >= 0.6 is 23.4 Å². The number of ether oxygens (including phenoxy) is 2. The van der Waals surface area contributed by atoms with Crippen LogP contribution in [-0.2, 0) is 11.3 Å². The van der Waals surface area contributed by atoms with Gasteiger partial charge in [0.2, 0.25) is 5.91 Å². The summed E-state index contributed by atoms with van der Waals surface area (Å²) in [5, 5.41) is 8.32. The third-order valence-corrected chi connectivity index (χ3v) is 6.43. The largest absolute Gasteiger partial charge is 0.486 e. The second kappa shape index (κ2) is 9.78. The summed E-state index contributed by atoms with van der Waals surface area (Å²) < 4.78 is 15.0. The number of hydrogen-bond acceptors (Lipinski definition) is 7. The third kappa shape index (κ3) is 4.59. The molecule has 3 heterocycles. The molecule has 0 aliphatic carbocycles. The number of carbonyl (C=O) groups excluding carboxylic acids is 1. The lowest BCUT2D eigenvalue weighted by atomic mass is 10.1. The van der Waals surface area contributed by atoms with Gasteiger partial charge in [-0.15, -0.1) is 0 Å². The number of thioether (sulfide) groups is 1. The van der Waals surface area contributed by atoms with Gasteiger partial charge in [-0.05, 0) is 43.3 Å². The Balaban J connectivity index is 1.31. The van der Waals surface area contributed by atoms with E-state index < -0.39 is 0 Å². The van der Waals surface area contributed by atoms with Crippen molar-refractivity contribution in [3.63, 3.8) is 0 Å². The van der Waals surface area contributed by atoms with E-state index in [-0.39, 0.29) is 11.7 Å². The first-order valence-electron chi connectivity index (χ1n) is 10.6. The van der Waals surface area contributed by atoms with Gasteiger partial charge >= 0.3 is 0 Å². The van der Waals surface area contributed by atoms with Crippen LogP contribution < -0.4 is 14.8 Å². The fraction of sp³-hybridized carbons (Fsp3) is 0.217. The summed E-state index contributed by atoms with van der Waals surface area (Å²) in [6.07, 6.45) is 4.81. The van der Waals surface area contributed by atoms with Crippen molar-refractivity contribution in [2.75, 3.05) is 24.3 Å². The van der Waals surface area contributed by atoms with Crippen LogP contribution in [0.1, 0.15) is 6.92 Å². The zero-order valence-corrected chi connectivity index (χ0v) is 19.8. The monoisotopic (exact) mass is 496 g/mol. The number of nitrogens with one attached hydrogen (secondary N) is 1. The number of nitrogens with zero attached hydrogens (tertiary/aromatic N) is 5. The number of benzene rings is 2. The molecule has 2 aromatic carbocycles. The van der Waals surface area contributed by atoms with Gasteiger partial charge in [-0.3, -0.25) is 4.79 Å². The molecule has 0 radical (unpaired) electrons. The summed E-state index contributed by atoms with van der Waals surface area (Å²) in [7, 11) is 0. The highest BCUT2D eigenvalue weighted by Gasteiger charge is 2.17. The summed E-state index contributed by atoms with van der Waals surface area (Å²) in [4.78, 5) is 21.3. The first kappa shape index (κ1) is 22.3. The Hall–Kier alpha value is -3.50. The van der Waals surface area contributed by atoms with Crippen LogP contribution in [0.25, 0.3) is 16.9 Å². The molecular formula is C23H21ClN6O3S. The van der Waals surface area contributed by atoms with Crippen molar-refractivity contribution < 1.29 is 14.3 Å². The number of hydrogen-bond donors (Lipinski definition) is 1. The zero-order valence-electron chi connectivity index (χ0n) is 18.3. The van der Waals surface area contributed by atoms with Crippen LogP contribution in [0.5, 0.6) is 11.5 Å². The highest BCUT2D eigenvalue weighted by molar-refractivity contribution is 7.99. The van der Waals surface area contributed by atoms with Crippen LogP contribution in [0, 0.1) is 0 Å². The zero-order chi connectivity index (χ0) is 23.5. The third-order valence-electron chi connectivity index (χ3n) is 5.20. The number of anilines is 1. The molecule has 0 saturated heterocycles. The van der Waals surface area contributed by atoms with Crippen molar-refractivity contribution in [1.82, 2.24) is 24.3 Å². The van der Waals surface area contributed by atoms with E-state index in [0.717, 1.165) is 27.9 Å². The molecule has 0 atom stereocenters. The maximum atomic E-state index is 12.8. The van der Waals surface area contributed by atoms with Crippen molar-refractivity contribution in [3.05, 3.63) is 60.3 Å². The number of amides is 1. The van der Waals surface area contributed by atoms with Crippen molar-refractivity contribution in [3.8, 4) is 28.4 Å². The van der Waals surface area contributed by atoms with E-state index in [4.69, 9.17) is 21.1 Å². The molecule has 4 aromatic rings. The number of imidazole rings is 1. The predicted molar refractivity (Wildman–Crippen MR) is 130 cm³/mol. The first-order chi connectivity index (χ1) is 16.6. The van der Waals surface area contributed by atoms with E-state index in [0.29, 0.717) is 36.2 Å². The molecule has 2 aromatic heterocycles. The Labute approximate surface area is 205 Å². The fourth-order valence-corrected chi connectivity index (χ4v) is 4.68. The number of carbonyl (C=O) groups is 1. The van der Waals surface area contributed by atoms with Gasteiger partial charge < -0.3 is 19.4 Å². The molecule has 1 N–H and O–H groups in total. The van der Waals surface area contributed by atoms with Gasteiger partial charge in [0, 0.05) is 17.1 Å². The SMILES string of the molecule is CCn1c(-c2ccc3c(c2)OCCO3)cnc1SCC(=O)Nc1cc(Cl)ccc1-n1cncn1. The van der Waals surface area contributed by atoms with Crippen LogP contribution in [0.3, 0.4) is 0 Å². The Kier molecular flexibility index (Phi) is 6.41. The highest BCUT2D eigenvalue weighted by atomic mass is 35.5. The molecule has 0 bridgehead atoms. The molecule has 34 heavy (non-hydrogen) atoms. The normalized spacial score (nSPS) is 12.5. The summed E-state index contributed by atoms with van der Waals surface area (Å²) in [5.74, 6) is 1.47. The van der Waals surface area contributed by atoms with Gasteiger partial charge in [-0.1, -0.05) is 23.4 Å². The van der Waals surface area contributed by atoms with E-state index in [9.17, 15) is 4.79 Å². The molecule has 5 rings (SSSR count). The number of halogens is 1. The molecule has 11 heteroatoms. The molecule has 0 spiro atoms. The van der Waals surface area contributed by atoms with E-state index in [1.165, 1.54) is 18.1 Å². The van der Waals surface area contributed by atoms with Crippen molar-refractivity contribution in [1.29, 1.82) is 0 Å². The summed E-state index contributed by atoms with van der Waals surface area (Å²) >= 11 is 7.51. The minimum atomic E-state index is -0.180. The molecule has 1 aliphatic heterocycles. The molecule has 1 amide bonds. The smallest absolute Gasteiger partial charge is 0.234 e. The molecule has 174 valence electrons. The molecule has 0 fully saturated rings. The lowest BCUT2D eigenvalue weighted by molar-refractivity contribution is -0.113. The van der Waals surface area contributed by atoms with E-state index in [1.54, 1.807) is 29.2 Å². The van der Waals surface area contributed by atoms with Gasteiger partial charge in [0.05, 0.1) is 29.0 Å². The van der Waals surface area contributed by atoms with Crippen LogP contribution in [0.15, 0.2) is 60.4 Å². The average Bonchev–Trinajstić information content (AvgIpc) is 3.52. The second-order valence-electron chi connectivity index (χ2n) is 7.37. The molecule has 9 nitrogen and oxygen atoms in total. The van der Waals surface area contributed by atoms with Gasteiger partial charge in [-0.2, -0.15) is 5.10 Å². The Morgan fingerprint density at radius 3 is 2.82 bits per heavy atom. The molecule has 0 unspecified atom stereocenters. The second-order valence-corrected chi connectivity index (χ2v) is 8.75. The molecule has 0 saturated carbocycles. The Morgan fingerprint density at radius 1 is 1.18 bits per heavy atom.